The molecule has 1 aromatic carbocycles. The van der Waals surface area contributed by atoms with Crippen molar-refractivity contribution in [3.05, 3.63) is 42.2 Å². The molecular formula is C21H26N4O4. The Kier molecular flexibility index (Phi) is 5.72. The van der Waals surface area contributed by atoms with Gasteiger partial charge < -0.3 is 15.3 Å². The van der Waals surface area contributed by atoms with Crippen molar-refractivity contribution in [1.82, 2.24) is 9.78 Å². The van der Waals surface area contributed by atoms with Gasteiger partial charge in [0.15, 0.2) is 5.54 Å². The predicted molar refractivity (Wildman–Crippen MR) is 109 cm³/mol. The molecule has 2 N–H and O–H groups in total. The van der Waals surface area contributed by atoms with Crippen LogP contribution in [0.3, 0.4) is 0 Å². The fraction of sp³-hybridized carbons (Fsp3) is 0.429. The number of hydrogen-bond donors (Lipinski definition) is 2. The summed E-state index contributed by atoms with van der Waals surface area (Å²) in [6, 6.07) is 7.86. The smallest absolute Gasteiger partial charge is 0.331 e. The van der Waals surface area contributed by atoms with Crippen LogP contribution < -0.4 is 10.2 Å². The summed E-state index contributed by atoms with van der Waals surface area (Å²) in [5.74, 6) is -1.87. The van der Waals surface area contributed by atoms with Gasteiger partial charge in [0.1, 0.15) is 0 Å². The average Bonchev–Trinajstić information content (AvgIpc) is 3.30. The van der Waals surface area contributed by atoms with E-state index in [1.54, 1.807) is 4.90 Å². The van der Waals surface area contributed by atoms with Crippen LogP contribution in [-0.4, -0.2) is 39.2 Å². The Hall–Kier alpha value is -3.16. The summed E-state index contributed by atoms with van der Waals surface area (Å²) in [6.45, 7) is 5.47. The lowest BCUT2D eigenvalue weighted by molar-refractivity contribution is -0.146. The SMILES string of the molecule is CCCc1ccc(N2CC(C(=O)Nc3cnn(C(C)(C)C(=O)O)c3)CC2=O)cc1. The van der Waals surface area contributed by atoms with Crippen molar-refractivity contribution in [2.45, 2.75) is 45.6 Å². The van der Waals surface area contributed by atoms with Crippen molar-refractivity contribution in [3.8, 4) is 0 Å². The van der Waals surface area contributed by atoms with Crippen molar-refractivity contribution in [2.24, 2.45) is 5.92 Å². The third-order valence-corrected chi connectivity index (χ3v) is 5.23. The maximum atomic E-state index is 12.6. The van der Waals surface area contributed by atoms with Gasteiger partial charge in [-0.25, -0.2) is 4.79 Å². The molecule has 1 aromatic heterocycles. The molecule has 0 aliphatic carbocycles. The molecule has 1 aliphatic rings. The molecule has 154 valence electrons. The van der Waals surface area contributed by atoms with Crippen LogP contribution in [0, 0.1) is 5.92 Å². The zero-order valence-corrected chi connectivity index (χ0v) is 16.9. The van der Waals surface area contributed by atoms with Gasteiger partial charge >= 0.3 is 5.97 Å². The van der Waals surface area contributed by atoms with Gasteiger partial charge in [-0.1, -0.05) is 25.5 Å². The minimum absolute atomic E-state index is 0.0869. The zero-order chi connectivity index (χ0) is 21.2. The van der Waals surface area contributed by atoms with Gasteiger partial charge in [0.05, 0.1) is 17.8 Å². The number of hydrogen-bond acceptors (Lipinski definition) is 4. The monoisotopic (exact) mass is 398 g/mol. The van der Waals surface area contributed by atoms with Gasteiger partial charge in [-0.3, -0.25) is 14.3 Å². The summed E-state index contributed by atoms with van der Waals surface area (Å²) in [4.78, 5) is 38.0. The predicted octanol–water partition coefficient (Wildman–Crippen LogP) is 2.65. The van der Waals surface area contributed by atoms with Gasteiger partial charge in [-0.15, -0.1) is 0 Å². The summed E-state index contributed by atoms with van der Waals surface area (Å²) in [5.41, 5.74) is 1.19. The molecule has 3 rings (SSSR count). The number of carbonyl (C=O) groups excluding carboxylic acids is 2. The van der Waals surface area contributed by atoms with E-state index < -0.39 is 17.4 Å². The van der Waals surface area contributed by atoms with Crippen LogP contribution in [0.5, 0.6) is 0 Å². The molecule has 1 atom stereocenters. The summed E-state index contributed by atoms with van der Waals surface area (Å²) in [7, 11) is 0. The largest absolute Gasteiger partial charge is 0.479 e. The summed E-state index contributed by atoms with van der Waals surface area (Å²) in [5, 5.41) is 16.1. The number of benzene rings is 1. The number of aliphatic carboxylic acids is 1. The Bertz CT molecular complexity index is 917. The van der Waals surface area contributed by atoms with Gasteiger partial charge in [-0.05, 0) is 38.0 Å². The standard InChI is InChI=1S/C21H26N4O4/c1-4-5-14-6-8-17(9-7-14)24-12-15(10-18(24)26)19(27)23-16-11-22-25(13-16)21(2,3)20(28)29/h6-9,11,13,15H,4-5,10,12H2,1-3H3,(H,23,27)(H,28,29). The highest BCUT2D eigenvalue weighted by Gasteiger charge is 2.36. The van der Waals surface area contributed by atoms with E-state index >= 15 is 0 Å². The third-order valence-electron chi connectivity index (χ3n) is 5.23. The maximum absolute atomic E-state index is 12.6. The normalized spacial score (nSPS) is 16.9. The number of carboxylic acids is 1. The van der Waals surface area contributed by atoms with Gasteiger partial charge in [0, 0.05) is 24.8 Å². The van der Waals surface area contributed by atoms with Crippen LogP contribution in [0.2, 0.25) is 0 Å². The fourth-order valence-electron chi connectivity index (χ4n) is 3.30. The topological polar surface area (TPSA) is 105 Å². The first-order valence-electron chi connectivity index (χ1n) is 9.71. The second kappa shape index (κ2) is 8.06. The molecule has 2 amide bonds. The molecule has 0 spiro atoms. The highest BCUT2D eigenvalue weighted by Crippen LogP contribution is 2.27. The second-order valence-corrected chi connectivity index (χ2v) is 7.85. The quantitative estimate of drug-likeness (QED) is 0.746. The van der Waals surface area contributed by atoms with Crippen molar-refractivity contribution >= 4 is 29.2 Å². The molecule has 0 radical (unpaired) electrons. The molecule has 8 nitrogen and oxygen atoms in total. The minimum atomic E-state index is -1.23. The molecule has 2 aromatic rings. The van der Waals surface area contributed by atoms with Gasteiger partial charge in [-0.2, -0.15) is 5.10 Å². The first-order valence-corrected chi connectivity index (χ1v) is 9.71. The summed E-state index contributed by atoms with van der Waals surface area (Å²) in [6.07, 6.45) is 5.07. The van der Waals surface area contributed by atoms with E-state index in [1.165, 1.54) is 36.5 Å². The van der Waals surface area contributed by atoms with Crippen LogP contribution in [-0.2, 0) is 26.3 Å². The number of carboxylic acid groups (broad SMARTS) is 1. The molecule has 1 unspecified atom stereocenters. The zero-order valence-electron chi connectivity index (χ0n) is 16.9. The van der Waals surface area contributed by atoms with Gasteiger partial charge in [0.2, 0.25) is 11.8 Å². The molecule has 29 heavy (non-hydrogen) atoms. The van der Waals surface area contributed by atoms with E-state index in [1.807, 2.05) is 24.3 Å². The Morgan fingerprint density at radius 1 is 1.28 bits per heavy atom. The van der Waals surface area contributed by atoms with Crippen LogP contribution in [0.1, 0.15) is 39.2 Å². The molecule has 0 bridgehead atoms. The number of carbonyl (C=O) groups is 3. The van der Waals surface area contributed by atoms with E-state index in [2.05, 4.69) is 17.3 Å². The lowest BCUT2D eigenvalue weighted by Crippen LogP contribution is -2.36. The van der Waals surface area contributed by atoms with Crippen LogP contribution in [0.15, 0.2) is 36.7 Å². The van der Waals surface area contributed by atoms with Crippen molar-refractivity contribution in [1.29, 1.82) is 0 Å². The lowest BCUT2D eigenvalue weighted by Gasteiger charge is -2.19. The maximum Gasteiger partial charge on any atom is 0.331 e. The Labute approximate surface area is 169 Å². The first-order chi connectivity index (χ1) is 13.7. The lowest BCUT2D eigenvalue weighted by atomic mass is 10.1. The van der Waals surface area contributed by atoms with E-state index in [0.29, 0.717) is 12.2 Å². The summed E-state index contributed by atoms with van der Waals surface area (Å²) >= 11 is 0. The molecule has 1 fully saturated rings. The van der Waals surface area contributed by atoms with Crippen LogP contribution in [0.25, 0.3) is 0 Å². The molecular weight excluding hydrogens is 372 g/mol. The molecule has 8 heteroatoms. The highest BCUT2D eigenvalue weighted by molar-refractivity contribution is 6.03. The van der Waals surface area contributed by atoms with Crippen LogP contribution >= 0.6 is 0 Å². The number of aromatic nitrogens is 2. The Balaban J connectivity index is 1.65. The number of nitrogens with zero attached hydrogens (tertiary/aromatic N) is 3. The van der Waals surface area contributed by atoms with Crippen molar-refractivity contribution in [3.63, 3.8) is 0 Å². The first kappa shape index (κ1) is 20.6. The Morgan fingerprint density at radius 2 is 1.97 bits per heavy atom. The van der Waals surface area contributed by atoms with E-state index in [9.17, 15) is 19.5 Å². The van der Waals surface area contributed by atoms with E-state index in [4.69, 9.17) is 0 Å². The number of amides is 2. The van der Waals surface area contributed by atoms with E-state index in [0.717, 1.165) is 18.5 Å². The molecule has 1 aliphatic heterocycles. The molecule has 0 saturated carbocycles. The fourth-order valence-corrected chi connectivity index (χ4v) is 3.30. The number of anilines is 2. The van der Waals surface area contributed by atoms with Crippen LogP contribution in [0.4, 0.5) is 11.4 Å². The highest BCUT2D eigenvalue weighted by atomic mass is 16.4. The number of aryl methyl sites for hydroxylation is 1. The minimum Gasteiger partial charge on any atom is -0.479 e. The molecule has 2 heterocycles. The van der Waals surface area contributed by atoms with E-state index in [-0.39, 0.29) is 18.2 Å². The van der Waals surface area contributed by atoms with Crippen molar-refractivity contribution < 1.29 is 19.5 Å². The second-order valence-electron chi connectivity index (χ2n) is 7.85. The van der Waals surface area contributed by atoms with Crippen molar-refractivity contribution in [2.75, 3.05) is 16.8 Å². The average molecular weight is 398 g/mol. The number of rotatable bonds is 7. The third kappa shape index (κ3) is 4.31. The summed E-state index contributed by atoms with van der Waals surface area (Å²) < 4.78 is 1.29. The molecule has 1 saturated heterocycles. The Morgan fingerprint density at radius 3 is 2.59 bits per heavy atom. The van der Waals surface area contributed by atoms with Gasteiger partial charge in [0.25, 0.3) is 0 Å². The number of nitrogens with one attached hydrogen (secondary N) is 1.